The molecular weight excluding hydrogens is 445 g/mol. The maximum Gasteiger partial charge on any atom is 0.220 e. The van der Waals surface area contributed by atoms with Gasteiger partial charge in [0.2, 0.25) is 5.91 Å². The average molecular weight is 481 g/mol. The van der Waals surface area contributed by atoms with Crippen molar-refractivity contribution in [1.82, 2.24) is 20.9 Å². The van der Waals surface area contributed by atoms with Crippen LogP contribution >= 0.6 is 24.0 Å². The van der Waals surface area contributed by atoms with Crippen molar-refractivity contribution in [3.05, 3.63) is 0 Å². The second-order valence-electron chi connectivity index (χ2n) is 6.85. The quantitative estimate of drug-likeness (QED) is 0.200. The van der Waals surface area contributed by atoms with Crippen molar-refractivity contribution in [3.63, 3.8) is 0 Å². The first-order valence-corrected chi connectivity index (χ1v) is 9.87. The van der Waals surface area contributed by atoms with Gasteiger partial charge in [0.15, 0.2) is 5.96 Å². The molecule has 1 amide bonds. The first-order chi connectivity index (χ1) is 12.3. The third kappa shape index (κ3) is 9.91. The Morgan fingerprint density at radius 1 is 1.12 bits per heavy atom. The number of ether oxygens (including phenoxy) is 1. The predicted molar refractivity (Wildman–Crippen MR) is 116 cm³/mol. The number of nitrogens with one attached hydrogen (secondary N) is 3. The van der Waals surface area contributed by atoms with E-state index in [2.05, 4.69) is 32.8 Å². The molecule has 0 atom stereocenters. The zero-order valence-electron chi connectivity index (χ0n) is 16.1. The van der Waals surface area contributed by atoms with Crippen LogP contribution in [0.3, 0.4) is 0 Å². The van der Waals surface area contributed by atoms with Crippen molar-refractivity contribution in [3.8, 4) is 0 Å². The summed E-state index contributed by atoms with van der Waals surface area (Å²) in [5, 5.41) is 9.55. The Morgan fingerprint density at radius 2 is 1.81 bits per heavy atom. The van der Waals surface area contributed by atoms with E-state index in [-0.39, 0.29) is 29.9 Å². The van der Waals surface area contributed by atoms with E-state index in [1.807, 2.05) is 0 Å². The summed E-state index contributed by atoms with van der Waals surface area (Å²) < 4.78 is 5.36. The number of hydrogen-bond donors (Lipinski definition) is 3. The van der Waals surface area contributed by atoms with Crippen LogP contribution < -0.4 is 16.0 Å². The van der Waals surface area contributed by atoms with E-state index in [1.165, 1.54) is 25.7 Å². The maximum atomic E-state index is 11.9. The van der Waals surface area contributed by atoms with Gasteiger partial charge in [-0.2, -0.15) is 0 Å². The highest BCUT2D eigenvalue weighted by Gasteiger charge is 2.17. The van der Waals surface area contributed by atoms with E-state index in [1.54, 1.807) is 0 Å². The van der Waals surface area contributed by atoms with Crippen molar-refractivity contribution in [2.75, 3.05) is 59.0 Å². The molecule has 2 aliphatic rings. The Hall–Kier alpha value is -0.610. The van der Waals surface area contributed by atoms with Crippen molar-refractivity contribution in [1.29, 1.82) is 0 Å². The first kappa shape index (κ1) is 23.4. The van der Waals surface area contributed by atoms with Crippen LogP contribution in [0.5, 0.6) is 0 Å². The minimum atomic E-state index is 0. The van der Waals surface area contributed by atoms with Crippen LogP contribution in [-0.2, 0) is 9.53 Å². The zero-order valence-corrected chi connectivity index (χ0v) is 18.4. The molecule has 1 aliphatic carbocycles. The molecule has 0 spiro atoms. The minimum Gasteiger partial charge on any atom is -0.379 e. The van der Waals surface area contributed by atoms with Gasteiger partial charge in [0.1, 0.15) is 0 Å². The van der Waals surface area contributed by atoms with Gasteiger partial charge in [0.05, 0.1) is 19.8 Å². The molecule has 0 radical (unpaired) electrons. The number of morpholine rings is 1. The second-order valence-corrected chi connectivity index (χ2v) is 6.85. The lowest BCUT2D eigenvalue weighted by molar-refractivity contribution is -0.121. The lowest BCUT2D eigenvalue weighted by atomic mass is 10.0. The molecule has 2 fully saturated rings. The van der Waals surface area contributed by atoms with Crippen molar-refractivity contribution in [2.24, 2.45) is 10.9 Å². The molecule has 1 saturated heterocycles. The highest BCUT2D eigenvalue weighted by molar-refractivity contribution is 14.0. The third-order valence-electron chi connectivity index (χ3n) is 4.82. The van der Waals surface area contributed by atoms with Crippen LogP contribution in [0.15, 0.2) is 4.99 Å². The fraction of sp³-hybridized carbons (Fsp3) is 0.889. The van der Waals surface area contributed by atoms with E-state index >= 15 is 0 Å². The van der Waals surface area contributed by atoms with Gasteiger partial charge in [0, 0.05) is 45.7 Å². The highest BCUT2D eigenvalue weighted by Crippen LogP contribution is 2.27. The molecule has 0 aromatic heterocycles. The predicted octanol–water partition coefficient (Wildman–Crippen LogP) is 1.19. The molecule has 0 aromatic carbocycles. The van der Waals surface area contributed by atoms with E-state index in [9.17, 15) is 4.79 Å². The van der Waals surface area contributed by atoms with Crippen molar-refractivity contribution >= 4 is 35.8 Å². The molecule has 0 bridgehead atoms. The van der Waals surface area contributed by atoms with Gasteiger partial charge in [-0.25, -0.2) is 0 Å². The van der Waals surface area contributed by atoms with Gasteiger partial charge in [-0.3, -0.25) is 14.7 Å². The van der Waals surface area contributed by atoms with Crippen LogP contribution in [0, 0.1) is 5.92 Å². The molecule has 2 rings (SSSR count). The lowest BCUT2D eigenvalue weighted by Crippen LogP contribution is -2.42. The van der Waals surface area contributed by atoms with Crippen LogP contribution in [0.25, 0.3) is 0 Å². The number of aliphatic imine (C=N–C) groups is 1. The van der Waals surface area contributed by atoms with Crippen LogP contribution in [0.2, 0.25) is 0 Å². The SMILES string of the molecule is CCNC(=NCCN1CCOCC1)NCCNC(=O)CC1CCCC1.I. The van der Waals surface area contributed by atoms with Gasteiger partial charge >= 0.3 is 0 Å². The van der Waals surface area contributed by atoms with Crippen molar-refractivity contribution < 1.29 is 9.53 Å². The van der Waals surface area contributed by atoms with Crippen molar-refractivity contribution in [2.45, 2.75) is 39.0 Å². The number of rotatable bonds is 9. The summed E-state index contributed by atoms with van der Waals surface area (Å²) in [4.78, 5) is 18.9. The molecule has 1 aliphatic heterocycles. The molecule has 0 aromatic rings. The number of carbonyl (C=O) groups excluding carboxylic acids is 1. The van der Waals surface area contributed by atoms with Crippen LogP contribution in [-0.4, -0.2) is 75.8 Å². The van der Waals surface area contributed by atoms with Gasteiger partial charge in [-0.05, 0) is 25.7 Å². The largest absolute Gasteiger partial charge is 0.379 e. The van der Waals surface area contributed by atoms with E-state index in [4.69, 9.17) is 4.74 Å². The Kier molecular flexibility index (Phi) is 13.0. The van der Waals surface area contributed by atoms with Gasteiger partial charge in [-0.1, -0.05) is 12.8 Å². The summed E-state index contributed by atoms with van der Waals surface area (Å²) in [7, 11) is 0. The first-order valence-electron chi connectivity index (χ1n) is 9.87. The van der Waals surface area contributed by atoms with E-state index in [0.717, 1.165) is 51.9 Å². The normalized spacial score (nSPS) is 19.0. The summed E-state index contributed by atoms with van der Waals surface area (Å²) in [6.45, 7) is 9.57. The van der Waals surface area contributed by atoms with Crippen LogP contribution in [0.1, 0.15) is 39.0 Å². The number of halogens is 1. The van der Waals surface area contributed by atoms with Crippen LogP contribution in [0.4, 0.5) is 0 Å². The Labute approximate surface area is 175 Å². The number of amides is 1. The maximum absolute atomic E-state index is 11.9. The van der Waals surface area contributed by atoms with Gasteiger partial charge in [0.25, 0.3) is 0 Å². The molecule has 26 heavy (non-hydrogen) atoms. The average Bonchev–Trinajstić information content (AvgIpc) is 3.12. The Balaban J connectivity index is 0.00000338. The van der Waals surface area contributed by atoms with E-state index in [0.29, 0.717) is 25.4 Å². The summed E-state index contributed by atoms with van der Waals surface area (Å²) >= 11 is 0. The van der Waals surface area contributed by atoms with Gasteiger partial charge in [-0.15, -0.1) is 24.0 Å². The summed E-state index contributed by atoms with van der Waals surface area (Å²) in [6.07, 6.45) is 5.69. The molecule has 3 N–H and O–H groups in total. The molecule has 0 unspecified atom stereocenters. The molecule has 7 nitrogen and oxygen atoms in total. The number of carbonyl (C=O) groups is 1. The highest BCUT2D eigenvalue weighted by atomic mass is 127. The molecular formula is C18H36IN5O2. The van der Waals surface area contributed by atoms with E-state index < -0.39 is 0 Å². The summed E-state index contributed by atoms with van der Waals surface area (Å²) in [6, 6.07) is 0. The zero-order chi connectivity index (χ0) is 17.7. The fourth-order valence-electron chi connectivity index (χ4n) is 3.40. The third-order valence-corrected chi connectivity index (χ3v) is 4.82. The topological polar surface area (TPSA) is 78.0 Å². The Morgan fingerprint density at radius 3 is 2.50 bits per heavy atom. The molecule has 8 heteroatoms. The number of guanidine groups is 1. The standard InChI is InChI=1S/C18H35N5O2.HI/c1-2-19-18(22-9-10-23-11-13-25-14-12-23)21-8-7-20-17(24)15-16-5-3-4-6-16;/h16H,2-15H2,1H3,(H,20,24)(H2,19,21,22);1H. The fourth-order valence-corrected chi connectivity index (χ4v) is 3.40. The Bertz CT molecular complexity index is 410. The molecule has 152 valence electrons. The molecule has 1 heterocycles. The van der Waals surface area contributed by atoms with Gasteiger partial charge < -0.3 is 20.7 Å². The number of nitrogens with zero attached hydrogens (tertiary/aromatic N) is 2. The lowest BCUT2D eigenvalue weighted by Gasteiger charge is -2.25. The minimum absolute atomic E-state index is 0. The number of hydrogen-bond acceptors (Lipinski definition) is 4. The monoisotopic (exact) mass is 481 g/mol. The molecule has 1 saturated carbocycles. The summed E-state index contributed by atoms with van der Waals surface area (Å²) in [5.41, 5.74) is 0. The second kappa shape index (κ2) is 14.4. The summed E-state index contributed by atoms with van der Waals surface area (Å²) in [5.74, 6) is 1.61. The smallest absolute Gasteiger partial charge is 0.220 e.